The number of thiophene rings is 1. The molecule has 0 unspecified atom stereocenters. The average molecular weight is 333 g/mol. The molecular formula is C17H19NO4S. The predicted octanol–water partition coefficient (Wildman–Crippen LogP) is 3.64. The van der Waals surface area contributed by atoms with E-state index in [4.69, 9.17) is 9.84 Å². The Morgan fingerprint density at radius 1 is 1.22 bits per heavy atom. The van der Waals surface area contributed by atoms with E-state index in [9.17, 15) is 9.59 Å². The first-order chi connectivity index (χ1) is 10.9. The third-order valence-corrected chi connectivity index (χ3v) is 4.75. The SMILES string of the molecule is CCc1sc(C(=O)Nc2ccc(OCC(=O)O)cc2C)cc1C. The van der Waals surface area contributed by atoms with Crippen molar-refractivity contribution in [3.05, 3.63) is 45.1 Å². The molecule has 0 spiro atoms. The van der Waals surface area contributed by atoms with Gasteiger partial charge in [0.1, 0.15) is 5.75 Å². The van der Waals surface area contributed by atoms with E-state index in [-0.39, 0.29) is 12.5 Å². The fourth-order valence-electron chi connectivity index (χ4n) is 2.18. The summed E-state index contributed by atoms with van der Waals surface area (Å²) in [6, 6.07) is 6.96. The summed E-state index contributed by atoms with van der Waals surface area (Å²) in [6.07, 6.45) is 0.915. The molecule has 0 aliphatic carbocycles. The van der Waals surface area contributed by atoms with Crippen molar-refractivity contribution in [2.24, 2.45) is 0 Å². The van der Waals surface area contributed by atoms with E-state index in [1.165, 1.54) is 16.2 Å². The summed E-state index contributed by atoms with van der Waals surface area (Å²) in [7, 11) is 0. The van der Waals surface area contributed by atoms with Crippen LogP contribution in [-0.4, -0.2) is 23.6 Å². The molecule has 0 saturated carbocycles. The Morgan fingerprint density at radius 2 is 1.96 bits per heavy atom. The molecule has 0 radical (unpaired) electrons. The maximum absolute atomic E-state index is 12.3. The summed E-state index contributed by atoms with van der Waals surface area (Å²) in [6.45, 7) is 5.52. The third-order valence-electron chi connectivity index (χ3n) is 3.37. The van der Waals surface area contributed by atoms with E-state index in [1.807, 2.05) is 19.9 Å². The molecule has 1 aromatic heterocycles. The van der Waals surface area contributed by atoms with Crippen molar-refractivity contribution in [3.8, 4) is 5.75 Å². The normalized spacial score (nSPS) is 10.4. The molecule has 0 atom stereocenters. The number of anilines is 1. The zero-order valence-electron chi connectivity index (χ0n) is 13.3. The number of nitrogens with one attached hydrogen (secondary N) is 1. The second-order valence-corrected chi connectivity index (χ2v) is 6.32. The molecule has 1 aromatic carbocycles. The second-order valence-electron chi connectivity index (χ2n) is 5.18. The number of rotatable bonds is 6. The number of carbonyl (C=O) groups is 2. The topological polar surface area (TPSA) is 75.6 Å². The zero-order valence-corrected chi connectivity index (χ0v) is 14.1. The van der Waals surface area contributed by atoms with Crippen LogP contribution >= 0.6 is 11.3 Å². The zero-order chi connectivity index (χ0) is 17.0. The van der Waals surface area contributed by atoms with Gasteiger partial charge in [0.15, 0.2) is 6.61 Å². The number of carboxylic acid groups (broad SMARTS) is 1. The van der Waals surface area contributed by atoms with Crippen LogP contribution in [0, 0.1) is 13.8 Å². The summed E-state index contributed by atoms with van der Waals surface area (Å²) in [5, 5.41) is 11.5. The molecule has 0 bridgehead atoms. The smallest absolute Gasteiger partial charge is 0.341 e. The van der Waals surface area contributed by atoms with Crippen LogP contribution in [0.5, 0.6) is 5.75 Å². The van der Waals surface area contributed by atoms with E-state index < -0.39 is 5.97 Å². The van der Waals surface area contributed by atoms with Gasteiger partial charge in [-0.05, 0) is 55.7 Å². The van der Waals surface area contributed by atoms with Gasteiger partial charge in [-0.1, -0.05) is 6.92 Å². The van der Waals surface area contributed by atoms with E-state index >= 15 is 0 Å². The highest BCUT2D eigenvalue weighted by Gasteiger charge is 2.13. The van der Waals surface area contributed by atoms with Crippen molar-refractivity contribution >= 4 is 28.9 Å². The number of hydrogen-bond donors (Lipinski definition) is 2. The number of aliphatic carboxylic acids is 1. The Balaban J connectivity index is 2.09. The molecule has 0 fully saturated rings. The highest BCUT2D eigenvalue weighted by molar-refractivity contribution is 7.14. The van der Waals surface area contributed by atoms with Crippen LogP contribution in [0.2, 0.25) is 0 Å². The van der Waals surface area contributed by atoms with Crippen molar-refractivity contribution in [3.63, 3.8) is 0 Å². The van der Waals surface area contributed by atoms with E-state index in [2.05, 4.69) is 12.2 Å². The Labute approximate surface area is 138 Å². The minimum Gasteiger partial charge on any atom is -0.482 e. The monoisotopic (exact) mass is 333 g/mol. The maximum Gasteiger partial charge on any atom is 0.341 e. The Kier molecular flexibility index (Phi) is 5.39. The molecule has 6 heteroatoms. The molecule has 1 heterocycles. The third kappa shape index (κ3) is 4.32. The lowest BCUT2D eigenvalue weighted by molar-refractivity contribution is -0.139. The molecule has 0 aliphatic heterocycles. The second kappa shape index (κ2) is 7.28. The van der Waals surface area contributed by atoms with Crippen LogP contribution < -0.4 is 10.1 Å². The highest BCUT2D eigenvalue weighted by atomic mass is 32.1. The Morgan fingerprint density at radius 3 is 2.52 bits per heavy atom. The number of aryl methyl sites for hydroxylation is 3. The van der Waals surface area contributed by atoms with Gasteiger partial charge in [-0.15, -0.1) is 11.3 Å². The number of amides is 1. The summed E-state index contributed by atoms with van der Waals surface area (Å²) in [5.41, 5.74) is 2.63. The van der Waals surface area contributed by atoms with Crippen molar-refractivity contribution in [1.29, 1.82) is 0 Å². The molecule has 2 N–H and O–H groups in total. The lowest BCUT2D eigenvalue weighted by atomic mass is 10.2. The maximum atomic E-state index is 12.3. The minimum atomic E-state index is -1.03. The Bertz CT molecular complexity index is 736. The minimum absolute atomic E-state index is 0.139. The summed E-state index contributed by atoms with van der Waals surface area (Å²) < 4.78 is 5.12. The van der Waals surface area contributed by atoms with Gasteiger partial charge in [0.05, 0.1) is 4.88 Å². The quantitative estimate of drug-likeness (QED) is 0.846. The largest absolute Gasteiger partial charge is 0.482 e. The number of hydrogen-bond acceptors (Lipinski definition) is 4. The average Bonchev–Trinajstić information content (AvgIpc) is 2.88. The number of carbonyl (C=O) groups excluding carboxylic acids is 1. The lowest BCUT2D eigenvalue weighted by Crippen LogP contribution is -2.12. The van der Waals surface area contributed by atoms with Crippen molar-refractivity contribution in [2.45, 2.75) is 27.2 Å². The fourth-order valence-corrected chi connectivity index (χ4v) is 3.19. The van der Waals surface area contributed by atoms with Crippen molar-refractivity contribution < 1.29 is 19.4 Å². The molecule has 122 valence electrons. The van der Waals surface area contributed by atoms with Crippen LogP contribution in [0.3, 0.4) is 0 Å². The number of benzene rings is 1. The molecule has 2 aromatic rings. The summed E-state index contributed by atoms with van der Waals surface area (Å²) in [4.78, 5) is 24.7. The summed E-state index contributed by atoms with van der Waals surface area (Å²) >= 11 is 1.51. The fraction of sp³-hybridized carbons (Fsp3) is 0.294. The first kappa shape index (κ1) is 17.0. The molecular weight excluding hydrogens is 314 g/mol. The van der Waals surface area contributed by atoms with Gasteiger partial charge in [0.25, 0.3) is 5.91 Å². The van der Waals surface area contributed by atoms with Gasteiger partial charge < -0.3 is 15.2 Å². The predicted molar refractivity (Wildman–Crippen MR) is 90.7 cm³/mol. The van der Waals surface area contributed by atoms with E-state index in [0.717, 1.165) is 17.5 Å². The van der Waals surface area contributed by atoms with Gasteiger partial charge in [0.2, 0.25) is 0 Å². The van der Waals surface area contributed by atoms with Crippen LogP contribution in [0.15, 0.2) is 24.3 Å². The molecule has 23 heavy (non-hydrogen) atoms. The van der Waals surface area contributed by atoms with Crippen LogP contribution in [0.25, 0.3) is 0 Å². The van der Waals surface area contributed by atoms with Gasteiger partial charge in [-0.3, -0.25) is 4.79 Å². The van der Waals surface area contributed by atoms with Crippen molar-refractivity contribution in [2.75, 3.05) is 11.9 Å². The first-order valence-electron chi connectivity index (χ1n) is 7.26. The van der Waals surface area contributed by atoms with Crippen LogP contribution in [-0.2, 0) is 11.2 Å². The molecule has 0 saturated heterocycles. The van der Waals surface area contributed by atoms with E-state index in [0.29, 0.717) is 16.3 Å². The van der Waals surface area contributed by atoms with Crippen LogP contribution in [0.4, 0.5) is 5.69 Å². The van der Waals surface area contributed by atoms with Gasteiger partial charge >= 0.3 is 5.97 Å². The number of carboxylic acids is 1. The summed E-state index contributed by atoms with van der Waals surface area (Å²) in [5.74, 6) is -0.705. The molecule has 1 amide bonds. The molecule has 2 rings (SSSR count). The first-order valence-corrected chi connectivity index (χ1v) is 8.08. The van der Waals surface area contributed by atoms with Gasteiger partial charge in [-0.2, -0.15) is 0 Å². The number of ether oxygens (including phenoxy) is 1. The lowest BCUT2D eigenvalue weighted by Gasteiger charge is -2.10. The van der Waals surface area contributed by atoms with Gasteiger partial charge in [-0.25, -0.2) is 4.79 Å². The van der Waals surface area contributed by atoms with Gasteiger partial charge in [0, 0.05) is 10.6 Å². The Hall–Kier alpha value is -2.34. The standard InChI is InChI=1S/C17H19NO4S/c1-4-14-11(3)8-15(23-14)17(21)18-13-6-5-12(7-10(13)2)22-9-16(19)20/h5-8H,4,9H2,1-3H3,(H,18,21)(H,19,20). The van der Waals surface area contributed by atoms with E-state index in [1.54, 1.807) is 18.2 Å². The highest BCUT2D eigenvalue weighted by Crippen LogP contribution is 2.25. The van der Waals surface area contributed by atoms with Crippen molar-refractivity contribution in [1.82, 2.24) is 0 Å². The molecule has 0 aliphatic rings. The van der Waals surface area contributed by atoms with Crippen LogP contribution in [0.1, 0.15) is 32.6 Å². The molecule has 5 nitrogen and oxygen atoms in total.